The molecule has 2 heterocycles. The number of thiophene rings is 1. The number of hydrogen-bond acceptors (Lipinski definition) is 5. The lowest BCUT2D eigenvalue weighted by Gasteiger charge is -1.95. The van der Waals surface area contributed by atoms with E-state index in [1.54, 1.807) is 12.1 Å². The van der Waals surface area contributed by atoms with Crippen molar-refractivity contribution in [3.8, 4) is 0 Å². The second kappa shape index (κ2) is 6.50. The zero-order chi connectivity index (χ0) is 17.3. The van der Waals surface area contributed by atoms with E-state index in [2.05, 4.69) is 11.1 Å². The number of aromatic nitrogens is 1. The Morgan fingerprint density at radius 3 is 2.79 bits per heavy atom. The quantitative estimate of drug-likeness (QED) is 0.407. The Balaban J connectivity index is 1.87. The predicted molar refractivity (Wildman–Crippen MR) is 96.1 cm³/mol. The highest BCUT2D eigenvalue weighted by Gasteiger charge is 2.08. The molecule has 3 rings (SSSR count). The summed E-state index contributed by atoms with van der Waals surface area (Å²) in [5, 5.41) is 10.7. The minimum atomic E-state index is -0.451. The van der Waals surface area contributed by atoms with Gasteiger partial charge in [-0.25, -0.2) is 0 Å². The van der Waals surface area contributed by atoms with E-state index >= 15 is 0 Å². The minimum Gasteiger partial charge on any atom is -0.319 e. The van der Waals surface area contributed by atoms with Crippen LogP contribution in [-0.2, 0) is 11.8 Å². The Morgan fingerprint density at radius 2 is 2.08 bits per heavy atom. The van der Waals surface area contributed by atoms with Crippen molar-refractivity contribution in [1.82, 2.24) is 4.57 Å². The number of nitro groups is 1. The maximum atomic E-state index is 12.0. The maximum absolute atomic E-state index is 12.0. The van der Waals surface area contributed by atoms with Gasteiger partial charge in [0.05, 0.1) is 15.1 Å². The summed E-state index contributed by atoms with van der Waals surface area (Å²) in [5.41, 5.74) is 2.18. The summed E-state index contributed by atoms with van der Waals surface area (Å²) < 4.78 is 2.95. The monoisotopic (exact) mass is 359 g/mol. The van der Waals surface area contributed by atoms with Crippen molar-refractivity contribution in [3.63, 3.8) is 0 Å². The summed E-state index contributed by atoms with van der Waals surface area (Å²) in [6.45, 7) is 2.02. The summed E-state index contributed by atoms with van der Waals surface area (Å²) in [6.07, 6.45) is 2.87. The van der Waals surface area contributed by atoms with Crippen molar-refractivity contribution in [2.75, 3.05) is 0 Å². The molecule has 0 fully saturated rings. The normalized spacial score (nSPS) is 12.3. The van der Waals surface area contributed by atoms with Gasteiger partial charge in [-0.1, -0.05) is 28.7 Å². The van der Waals surface area contributed by atoms with E-state index in [0.717, 1.165) is 27.1 Å². The third kappa shape index (κ3) is 3.34. The first-order chi connectivity index (χ1) is 11.4. The van der Waals surface area contributed by atoms with E-state index in [4.69, 9.17) is 0 Å². The molecule has 0 aliphatic rings. The third-order valence-electron chi connectivity index (χ3n) is 3.35. The van der Waals surface area contributed by atoms with Gasteiger partial charge in [-0.05, 0) is 36.8 Å². The van der Waals surface area contributed by atoms with Crippen LogP contribution in [0.2, 0.25) is 0 Å². The molecule has 0 N–H and O–H groups in total. The van der Waals surface area contributed by atoms with Crippen LogP contribution in [-0.4, -0.2) is 15.4 Å². The topological polar surface area (TPSA) is 77.5 Å². The molecule has 0 atom stereocenters. The molecule has 0 aliphatic heterocycles. The van der Waals surface area contributed by atoms with E-state index in [0.29, 0.717) is 9.68 Å². The Bertz CT molecular complexity index is 1040. The summed E-state index contributed by atoms with van der Waals surface area (Å²) in [7, 11) is 1.87. The van der Waals surface area contributed by atoms with Crippen molar-refractivity contribution in [2.24, 2.45) is 12.0 Å². The van der Waals surface area contributed by atoms with E-state index in [1.165, 1.54) is 23.5 Å². The van der Waals surface area contributed by atoms with Crippen LogP contribution >= 0.6 is 22.7 Å². The average Bonchev–Trinajstić information content (AvgIpc) is 3.11. The lowest BCUT2D eigenvalue weighted by Crippen LogP contribution is -2.12. The van der Waals surface area contributed by atoms with Crippen molar-refractivity contribution >= 4 is 49.9 Å². The number of carbonyl (C=O) groups is 1. The second-order valence-corrected chi connectivity index (χ2v) is 7.23. The van der Waals surface area contributed by atoms with Crippen molar-refractivity contribution in [2.45, 2.75) is 6.92 Å². The molecule has 24 heavy (non-hydrogen) atoms. The smallest absolute Gasteiger partial charge is 0.319 e. The van der Waals surface area contributed by atoms with Crippen molar-refractivity contribution < 1.29 is 9.72 Å². The van der Waals surface area contributed by atoms with Crippen LogP contribution in [0, 0.1) is 17.0 Å². The Kier molecular flexibility index (Phi) is 4.41. The molecule has 0 saturated heterocycles. The van der Waals surface area contributed by atoms with Crippen LogP contribution in [0.25, 0.3) is 16.3 Å². The van der Waals surface area contributed by atoms with Crippen molar-refractivity contribution in [1.29, 1.82) is 0 Å². The molecular weight excluding hydrogens is 346 g/mol. The highest BCUT2D eigenvalue weighted by molar-refractivity contribution is 7.16. The first kappa shape index (κ1) is 16.3. The standard InChI is InChI=1S/C16H13N3O3S2/c1-10-3-6-12-13(9-10)24-16(18(12)2)17-14(20)7-4-11-5-8-15(23-11)19(21)22/h3-9H,1-2H3. The van der Waals surface area contributed by atoms with Gasteiger partial charge < -0.3 is 4.57 Å². The van der Waals surface area contributed by atoms with Crippen LogP contribution in [0.5, 0.6) is 0 Å². The number of amides is 1. The zero-order valence-corrected chi connectivity index (χ0v) is 14.6. The van der Waals surface area contributed by atoms with Gasteiger partial charge in [-0.15, -0.1) is 0 Å². The van der Waals surface area contributed by atoms with Gasteiger partial charge in [0.15, 0.2) is 4.80 Å². The molecular formula is C16H13N3O3S2. The molecule has 3 aromatic rings. The number of hydrogen-bond donors (Lipinski definition) is 0. The number of rotatable bonds is 3. The molecule has 6 nitrogen and oxygen atoms in total. The number of benzene rings is 1. The van der Waals surface area contributed by atoms with E-state index in [9.17, 15) is 14.9 Å². The van der Waals surface area contributed by atoms with Crippen LogP contribution in [0.1, 0.15) is 10.4 Å². The molecule has 0 spiro atoms. The molecule has 2 aromatic heterocycles. The summed E-state index contributed by atoms with van der Waals surface area (Å²) in [4.78, 5) is 27.6. The van der Waals surface area contributed by atoms with E-state index < -0.39 is 10.8 Å². The molecule has 0 saturated carbocycles. The molecule has 8 heteroatoms. The fourth-order valence-corrected chi connectivity index (χ4v) is 4.01. The van der Waals surface area contributed by atoms with Crippen LogP contribution in [0.3, 0.4) is 0 Å². The zero-order valence-electron chi connectivity index (χ0n) is 12.9. The van der Waals surface area contributed by atoms with Crippen LogP contribution in [0.15, 0.2) is 41.4 Å². The van der Waals surface area contributed by atoms with Gasteiger partial charge in [-0.3, -0.25) is 14.9 Å². The highest BCUT2D eigenvalue weighted by atomic mass is 32.1. The van der Waals surface area contributed by atoms with Gasteiger partial charge >= 0.3 is 5.00 Å². The Hall–Kier alpha value is -2.58. The second-order valence-electron chi connectivity index (χ2n) is 5.13. The molecule has 122 valence electrons. The van der Waals surface area contributed by atoms with Gasteiger partial charge in [0.2, 0.25) is 0 Å². The number of aryl methyl sites for hydroxylation is 2. The van der Waals surface area contributed by atoms with E-state index in [-0.39, 0.29) is 5.00 Å². The SMILES string of the molecule is Cc1ccc2c(c1)sc(=NC(=O)C=Cc1ccc([N+](=O)[O-])s1)n2C. The minimum absolute atomic E-state index is 0.0466. The van der Waals surface area contributed by atoms with Gasteiger partial charge in [0.1, 0.15) is 0 Å². The molecule has 0 unspecified atom stereocenters. The molecule has 0 aliphatic carbocycles. The van der Waals surface area contributed by atoms with Crippen LogP contribution in [0.4, 0.5) is 5.00 Å². The maximum Gasteiger partial charge on any atom is 0.324 e. The lowest BCUT2D eigenvalue weighted by molar-refractivity contribution is -0.380. The number of carbonyl (C=O) groups excluding carboxylic acids is 1. The fraction of sp³-hybridized carbons (Fsp3) is 0.125. The summed E-state index contributed by atoms with van der Waals surface area (Å²) >= 11 is 2.47. The largest absolute Gasteiger partial charge is 0.324 e. The molecule has 0 bridgehead atoms. The first-order valence-corrected chi connectivity index (χ1v) is 8.64. The third-order valence-corrected chi connectivity index (χ3v) is 5.45. The highest BCUT2D eigenvalue weighted by Crippen LogP contribution is 2.24. The first-order valence-electron chi connectivity index (χ1n) is 7.01. The molecule has 1 aromatic carbocycles. The van der Waals surface area contributed by atoms with Crippen molar-refractivity contribution in [3.05, 3.63) is 61.8 Å². The van der Waals surface area contributed by atoms with Gasteiger partial charge in [-0.2, -0.15) is 4.99 Å². The number of nitrogens with zero attached hydrogens (tertiary/aromatic N) is 3. The summed E-state index contributed by atoms with van der Waals surface area (Å²) in [6, 6.07) is 9.11. The summed E-state index contributed by atoms with van der Waals surface area (Å²) in [5.74, 6) is -0.398. The number of thiazole rings is 1. The predicted octanol–water partition coefficient (Wildman–Crippen LogP) is 3.66. The Morgan fingerprint density at radius 1 is 1.29 bits per heavy atom. The molecule has 1 amide bonds. The number of fused-ring (bicyclic) bond motifs is 1. The average molecular weight is 359 g/mol. The van der Waals surface area contributed by atoms with Crippen LogP contribution < -0.4 is 4.80 Å². The molecule has 0 radical (unpaired) electrons. The Labute approximate surface area is 145 Å². The van der Waals surface area contributed by atoms with Gasteiger partial charge in [0, 0.05) is 24.1 Å². The van der Waals surface area contributed by atoms with E-state index in [1.807, 2.05) is 30.7 Å². The fourth-order valence-electron chi connectivity index (χ4n) is 2.16. The van der Waals surface area contributed by atoms with Gasteiger partial charge in [0.25, 0.3) is 5.91 Å². The lowest BCUT2D eigenvalue weighted by atomic mass is 10.2.